The van der Waals surface area contributed by atoms with Gasteiger partial charge in [-0.05, 0) is 25.0 Å². The quantitative estimate of drug-likeness (QED) is 0.560. The number of hydrogen-bond donors (Lipinski definition) is 1. The highest BCUT2D eigenvalue weighted by Crippen LogP contribution is 2.36. The summed E-state index contributed by atoms with van der Waals surface area (Å²) in [5.74, 6) is 0.120. The number of nitrogens with zero attached hydrogens (tertiary/aromatic N) is 3. The molecule has 3 aromatic rings. The molecule has 1 amide bonds. The van der Waals surface area contributed by atoms with Crippen LogP contribution < -0.4 is 5.32 Å². The molecule has 29 heavy (non-hydrogen) atoms. The number of thioether (sulfide) groups is 1. The van der Waals surface area contributed by atoms with Crippen LogP contribution in [0.25, 0.3) is 10.2 Å². The van der Waals surface area contributed by atoms with Crippen molar-refractivity contribution in [3.05, 3.63) is 34.8 Å². The number of benzene rings is 1. The molecular weight excluding hydrogens is 448 g/mol. The second-order valence-electron chi connectivity index (χ2n) is 7.00. The number of nitrogens with one attached hydrogen (secondary N) is 1. The third kappa shape index (κ3) is 4.06. The van der Waals surface area contributed by atoms with Crippen LogP contribution in [0.1, 0.15) is 23.4 Å². The average molecular weight is 467 g/mol. The molecule has 1 aromatic carbocycles. The largest absolute Gasteiger partial charge is 0.301 e. The molecule has 2 aliphatic rings. The van der Waals surface area contributed by atoms with E-state index in [2.05, 4.69) is 15.3 Å². The van der Waals surface area contributed by atoms with Crippen molar-refractivity contribution < 1.29 is 13.2 Å². The summed E-state index contributed by atoms with van der Waals surface area (Å²) in [6, 6.07) is 7.90. The normalized spacial score (nSPS) is 17.4. The second-order valence-corrected chi connectivity index (χ2v) is 12.6. The molecule has 152 valence electrons. The number of thiazole rings is 2. The molecule has 0 radical (unpaired) electrons. The highest BCUT2D eigenvalue weighted by Gasteiger charge is 2.41. The average Bonchev–Trinajstić information content (AvgIpc) is 3.37. The summed E-state index contributed by atoms with van der Waals surface area (Å²) < 4.78 is 28.5. The van der Waals surface area contributed by atoms with Crippen LogP contribution in [-0.2, 0) is 27.8 Å². The number of fused-ring (bicyclic) bond motifs is 2. The Morgan fingerprint density at radius 3 is 2.86 bits per heavy atom. The Bertz CT molecular complexity index is 1150. The zero-order valence-electron chi connectivity index (χ0n) is 15.3. The lowest BCUT2D eigenvalue weighted by Gasteiger charge is -2.25. The van der Waals surface area contributed by atoms with Gasteiger partial charge < -0.3 is 5.32 Å². The standard InChI is InChI=1S/C18H18N4O3S4/c23-16(10-26-18-20-12-3-1-2-4-14(12)28-18)21-17-19-13-7-8-22(9-15(13)27-17)29(24,25)11-5-6-11/h1-4,11H,5-10H2,(H,19,21,23). The molecule has 1 aliphatic heterocycles. The third-order valence-corrected chi connectivity index (χ3v) is 10.4. The zero-order valence-corrected chi connectivity index (χ0v) is 18.6. The lowest BCUT2D eigenvalue weighted by Crippen LogP contribution is -2.37. The van der Waals surface area contributed by atoms with Gasteiger partial charge in [0.15, 0.2) is 9.47 Å². The van der Waals surface area contributed by atoms with Crippen LogP contribution in [-0.4, -0.2) is 46.1 Å². The summed E-state index contributed by atoms with van der Waals surface area (Å²) in [6.07, 6.45) is 2.12. The molecule has 3 heterocycles. The maximum absolute atomic E-state index is 12.5. The molecule has 0 saturated heterocycles. The van der Waals surface area contributed by atoms with E-state index in [1.165, 1.54) is 23.1 Å². The van der Waals surface area contributed by atoms with Gasteiger partial charge in [-0.25, -0.2) is 18.4 Å². The van der Waals surface area contributed by atoms with E-state index >= 15 is 0 Å². The molecule has 0 bridgehead atoms. The highest BCUT2D eigenvalue weighted by atomic mass is 32.2. The second kappa shape index (κ2) is 7.62. The summed E-state index contributed by atoms with van der Waals surface area (Å²) in [4.78, 5) is 22.3. The van der Waals surface area contributed by atoms with Crippen LogP contribution in [0.4, 0.5) is 5.13 Å². The smallest absolute Gasteiger partial charge is 0.236 e. The SMILES string of the molecule is O=C(CSc1nc2ccccc2s1)Nc1nc2c(s1)CN(S(=O)(=O)C1CC1)CC2. The molecule has 1 aliphatic carbocycles. The lowest BCUT2D eigenvalue weighted by molar-refractivity contribution is -0.113. The van der Waals surface area contributed by atoms with Crippen molar-refractivity contribution in [2.75, 3.05) is 17.6 Å². The van der Waals surface area contributed by atoms with Crippen molar-refractivity contribution in [2.45, 2.75) is 35.4 Å². The van der Waals surface area contributed by atoms with E-state index in [0.29, 0.717) is 24.6 Å². The van der Waals surface area contributed by atoms with Gasteiger partial charge in [-0.3, -0.25) is 4.79 Å². The number of anilines is 1. The van der Waals surface area contributed by atoms with Gasteiger partial charge in [-0.1, -0.05) is 23.9 Å². The summed E-state index contributed by atoms with van der Waals surface area (Å²) in [7, 11) is -3.18. The van der Waals surface area contributed by atoms with Crippen molar-refractivity contribution >= 4 is 65.7 Å². The Balaban J connectivity index is 1.20. The number of carbonyl (C=O) groups excluding carboxylic acids is 1. The van der Waals surface area contributed by atoms with E-state index in [0.717, 1.165) is 38.0 Å². The topological polar surface area (TPSA) is 92.3 Å². The van der Waals surface area contributed by atoms with Gasteiger partial charge in [-0.2, -0.15) is 4.31 Å². The number of rotatable bonds is 6. The summed E-state index contributed by atoms with van der Waals surface area (Å²) in [6.45, 7) is 0.832. The number of hydrogen-bond acceptors (Lipinski definition) is 8. The predicted molar refractivity (Wildman–Crippen MR) is 117 cm³/mol. The van der Waals surface area contributed by atoms with Crippen LogP contribution >= 0.6 is 34.4 Å². The first-order valence-corrected chi connectivity index (χ1v) is 13.4. The Labute approximate surface area is 180 Å². The van der Waals surface area contributed by atoms with Crippen molar-refractivity contribution in [3.63, 3.8) is 0 Å². The molecule has 1 saturated carbocycles. The fraction of sp³-hybridized carbons (Fsp3) is 0.389. The zero-order chi connectivity index (χ0) is 20.0. The molecular formula is C18H18N4O3S4. The van der Waals surface area contributed by atoms with Crippen LogP contribution in [0.2, 0.25) is 0 Å². The number of carbonyl (C=O) groups is 1. The molecule has 0 unspecified atom stereocenters. The number of amides is 1. The minimum Gasteiger partial charge on any atom is -0.301 e. The molecule has 1 N–H and O–H groups in total. The summed E-state index contributed by atoms with van der Waals surface area (Å²) in [5.41, 5.74) is 1.84. The van der Waals surface area contributed by atoms with Gasteiger partial charge >= 0.3 is 0 Å². The molecule has 2 aromatic heterocycles. The Hall–Kier alpha value is -1.53. The van der Waals surface area contributed by atoms with E-state index in [1.807, 2.05) is 24.3 Å². The van der Waals surface area contributed by atoms with E-state index < -0.39 is 10.0 Å². The van der Waals surface area contributed by atoms with Crippen LogP contribution in [0.15, 0.2) is 28.6 Å². The van der Waals surface area contributed by atoms with Gasteiger partial charge in [-0.15, -0.1) is 22.7 Å². The molecule has 7 nitrogen and oxygen atoms in total. The number of aromatic nitrogens is 2. The summed E-state index contributed by atoms with van der Waals surface area (Å²) >= 11 is 4.35. The van der Waals surface area contributed by atoms with E-state index in [9.17, 15) is 13.2 Å². The third-order valence-electron chi connectivity index (χ3n) is 4.85. The van der Waals surface area contributed by atoms with Crippen molar-refractivity contribution in [1.82, 2.24) is 14.3 Å². The molecule has 5 rings (SSSR count). The maximum atomic E-state index is 12.5. The molecule has 0 spiro atoms. The highest BCUT2D eigenvalue weighted by molar-refractivity contribution is 8.01. The van der Waals surface area contributed by atoms with Crippen LogP contribution in [0.5, 0.6) is 0 Å². The first kappa shape index (κ1) is 19.4. The lowest BCUT2D eigenvalue weighted by atomic mass is 10.2. The van der Waals surface area contributed by atoms with Gasteiger partial charge in [0.1, 0.15) is 0 Å². The molecule has 1 fully saturated rings. The van der Waals surface area contributed by atoms with E-state index in [4.69, 9.17) is 0 Å². The fourth-order valence-electron chi connectivity index (χ4n) is 3.21. The van der Waals surface area contributed by atoms with Crippen LogP contribution in [0, 0.1) is 0 Å². The van der Waals surface area contributed by atoms with E-state index in [1.54, 1.807) is 15.6 Å². The number of para-hydroxylation sites is 1. The Kier molecular flexibility index (Phi) is 5.11. The van der Waals surface area contributed by atoms with Gasteiger partial charge in [0, 0.05) is 24.4 Å². The van der Waals surface area contributed by atoms with Gasteiger partial charge in [0.25, 0.3) is 0 Å². The van der Waals surface area contributed by atoms with Crippen molar-refractivity contribution in [1.29, 1.82) is 0 Å². The Morgan fingerprint density at radius 1 is 1.24 bits per heavy atom. The monoisotopic (exact) mass is 466 g/mol. The number of sulfonamides is 1. The predicted octanol–water partition coefficient (Wildman–Crippen LogP) is 3.33. The minimum atomic E-state index is -3.18. The summed E-state index contributed by atoms with van der Waals surface area (Å²) in [5, 5.41) is 3.19. The Morgan fingerprint density at radius 2 is 2.07 bits per heavy atom. The van der Waals surface area contributed by atoms with Gasteiger partial charge in [0.05, 0.1) is 26.9 Å². The van der Waals surface area contributed by atoms with Crippen molar-refractivity contribution in [3.8, 4) is 0 Å². The minimum absolute atomic E-state index is 0.136. The van der Waals surface area contributed by atoms with E-state index in [-0.39, 0.29) is 16.9 Å². The fourth-order valence-corrected chi connectivity index (χ4v) is 8.01. The van der Waals surface area contributed by atoms with Crippen LogP contribution in [0.3, 0.4) is 0 Å². The first-order valence-electron chi connectivity index (χ1n) is 9.25. The van der Waals surface area contributed by atoms with Crippen molar-refractivity contribution in [2.24, 2.45) is 0 Å². The molecule has 11 heteroatoms. The molecule has 0 atom stereocenters. The maximum Gasteiger partial charge on any atom is 0.236 e. The van der Waals surface area contributed by atoms with Gasteiger partial charge in [0.2, 0.25) is 15.9 Å². The first-order chi connectivity index (χ1) is 14.0.